The normalized spacial score (nSPS) is 24.3. The summed E-state index contributed by atoms with van der Waals surface area (Å²) in [6.07, 6.45) is 5.60. The molecule has 0 bridgehead atoms. The number of hydrogen-bond donors (Lipinski definition) is 1. The lowest BCUT2D eigenvalue weighted by atomic mass is 9.86. The summed E-state index contributed by atoms with van der Waals surface area (Å²) in [5, 5.41) is 3.62. The fourth-order valence-corrected chi connectivity index (χ4v) is 2.36. The molecule has 1 saturated heterocycles. The van der Waals surface area contributed by atoms with Crippen LogP contribution in [0.25, 0.3) is 0 Å². The van der Waals surface area contributed by atoms with E-state index >= 15 is 0 Å². The minimum absolute atomic E-state index is 0.128. The predicted octanol–water partition coefficient (Wildman–Crippen LogP) is 3.28. The van der Waals surface area contributed by atoms with Gasteiger partial charge < -0.3 is 10.1 Å². The molecule has 0 saturated carbocycles. The largest absolute Gasteiger partial charge is 0.375 e. The third kappa shape index (κ3) is 3.60. The predicted molar refractivity (Wildman–Crippen MR) is 69.7 cm³/mol. The molecule has 0 aromatic rings. The molecule has 1 fully saturated rings. The summed E-state index contributed by atoms with van der Waals surface area (Å²) < 4.78 is 5.96. The zero-order chi connectivity index (χ0) is 12.0. The van der Waals surface area contributed by atoms with Crippen molar-refractivity contribution in [3.05, 3.63) is 12.2 Å². The highest BCUT2D eigenvalue weighted by atomic mass is 16.5. The molecule has 1 unspecified atom stereocenters. The van der Waals surface area contributed by atoms with Crippen LogP contribution < -0.4 is 5.32 Å². The Labute approximate surface area is 100 Å². The summed E-state index contributed by atoms with van der Waals surface area (Å²) >= 11 is 0. The van der Waals surface area contributed by atoms with Crippen LogP contribution in [0, 0.1) is 0 Å². The van der Waals surface area contributed by atoms with E-state index in [0.717, 1.165) is 45.3 Å². The maximum atomic E-state index is 5.96. The van der Waals surface area contributed by atoms with Crippen LogP contribution in [-0.4, -0.2) is 24.8 Å². The average Bonchev–Trinajstić information content (AvgIpc) is 2.36. The van der Waals surface area contributed by atoms with Gasteiger partial charge in [0.1, 0.15) is 0 Å². The van der Waals surface area contributed by atoms with Gasteiger partial charge in [0.25, 0.3) is 0 Å². The molecule has 1 aliphatic heterocycles. The van der Waals surface area contributed by atoms with Gasteiger partial charge in [0.2, 0.25) is 0 Å². The molecule has 1 N–H and O–H groups in total. The first-order valence-electron chi connectivity index (χ1n) is 6.69. The van der Waals surface area contributed by atoms with E-state index in [-0.39, 0.29) is 5.60 Å². The molecule has 2 nitrogen and oxygen atoms in total. The molecule has 0 spiro atoms. The van der Waals surface area contributed by atoms with E-state index in [9.17, 15) is 0 Å². The minimum Gasteiger partial charge on any atom is -0.375 e. The Morgan fingerprint density at radius 1 is 1.38 bits per heavy atom. The van der Waals surface area contributed by atoms with Crippen LogP contribution in [0.1, 0.15) is 52.9 Å². The number of hydrogen-bond acceptors (Lipinski definition) is 2. The smallest absolute Gasteiger partial charge is 0.0692 e. The third-order valence-electron chi connectivity index (χ3n) is 3.92. The van der Waals surface area contributed by atoms with Gasteiger partial charge in [0.15, 0.2) is 0 Å². The number of rotatable bonds is 6. The molecule has 94 valence electrons. The summed E-state index contributed by atoms with van der Waals surface area (Å²) in [5.74, 6) is 0. The fourth-order valence-electron chi connectivity index (χ4n) is 2.36. The second-order valence-electron chi connectivity index (χ2n) is 4.91. The van der Waals surface area contributed by atoms with Crippen LogP contribution in [-0.2, 0) is 4.74 Å². The first-order valence-corrected chi connectivity index (χ1v) is 6.69. The minimum atomic E-state index is 0.128. The average molecular weight is 225 g/mol. The Bertz CT molecular complexity index is 221. The van der Waals surface area contributed by atoms with Gasteiger partial charge in [-0.15, -0.1) is 0 Å². The van der Waals surface area contributed by atoms with E-state index in [1.807, 2.05) is 0 Å². The topological polar surface area (TPSA) is 21.3 Å². The monoisotopic (exact) mass is 225 g/mol. The Morgan fingerprint density at radius 2 is 2.06 bits per heavy atom. The van der Waals surface area contributed by atoms with Gasteiger partial charge in [-0.05, 0) is 32.1 Å². The molecular formula is C14H27NO. The lowest BCUT2D eigenvalue weighted by Crippen LogP contribution is -2.46. The molecule has 0 amide bonds. The van der Waals surface area contributed by atoms with Gasteiger partial charge in [-0.1, -0.05) is 32.9 Å². The second-order valence-corrected chi connectivity index (χ2v) is 4.91. The summed E-state index contributed by atoms with van der Waals surface area (Å²) in [6.45, 7) is 12.5. The quantitative estimate of drug-likeness (QED) is 0.700. The molecule has 1 heterocycles. The van der Waals surface area contributed by atoms with Gasteiger partial charge >= 0.3 is 0 Å². The van der Waals surface area contributed by atoms with Gasteiger partial charge in [0.05, 0.1) is 5.60 Å². The van der Waals surface area contributed by atoms with E-state index < -0.39 is 0 Å². The van der Waals surface area contributed by atoms with Crippen LogP contribution in [0.3, 0.4) is 0 Å². The van der Waals surface area contributed by atoms with Crippen molar-refractivity contribution in [2.24, 2.45) is 0 Å². The van der Waals surface area contributed by atoms with Crippen molar-refractivity contribution in [3.63, 3.8) is 0 Å². The first kappa shape index (κ1) is 13.7. The Balaban J connectivity index is 2.41. The summed E-state index contributed by atoms with van der Waals surface area (Å²) in [6, 6.07) is 0.608. The van der Waals surface area contributed by atoms with Crippen molar-refractivity contribution < 1.29 is 4.74 Å². The molecule has 2 heteroatoms. The molecule has 0 radical (unpaired) electrons. The van der Waals surface area contributed by atoms with Crippen LogP contribution in [0.4, 0.5) is 0 Å². The third-order valence-corrected chi connectivity index (χ3v) is 3.92. The zero-order valence-corrected chi connectivity index (χ0v) is 11.1. The van der Waals surface area contributed by atoms with Gasteiger partial charge in [0, 0.05) is 19.2 Å². The van der Waals surface area contributed by atoms with Crippen molar-refractivity contribution in [1.82, 2.24) is 5.32 Å². The molecule has 0 aliphatic carbocycles. The maximum Gasteiger partial charge on any atom is 0.0692 e. The van der Waals surface area contributed by atoms with Crippen molar-refractivity contribution >= 4 is 0 Å². The molecule has 1 aliphatic rings. The van der Waals surface area contributed by atoms with E-state index in [1.54, 1.807) is 0 Å². The van der Waals surface area contributed by atoms with Crippen molar-refractivity contribution in [1.29, 1.82) is 0 Å². The molecule has 1 atom stereocenters. The van der Waals surface area contributed by atoms with E-state index in [2.05, 4.69) is 32.7 Å². The lowest BCUT2D eigenvalue weighted by molar-refractivity contribution is -0.0927. The number of ether oxygens (including phenoxy) is 1. The van der Waals surface area contributed by atoms with Crippen molar-refractivity contribution in [3.8, 4) is 0 Å². The second kappa shape index (κ2) is 6.41. The van der Waals surface area contributed by atoms with E-state index in [4.69, 9.17) is 4.74 Å². The van der Waals surface area contributed by atoms with Crippen molar-refractivity contribution in [2.75, 3.05) is 13.2 Å². The Kier molecular flexibility index (Phi) is 5.50. The Morgan fingerprint density at radius 3 is 2.62 bits per heavy atom. The van der Waals surface area contributed by atoms with Crippen LogP contribution in [0.15, 0.2) is 12.2 Å². The first-order chi connectivity index (χ1) is 7.65. The van der Waals surface area contributed by atoms with Gasteiger partial charge in [-0.25, -0.2) is 0 Å². The molecule has 1 rings (SSSR count). The molecular weight excluding hydrogens is 198 g/mol. The molecule has 16 heavy (non-hydrogen) atoms. The van der Waals surface area contributed by atoms with Crippen LogP contribution in [0.5, 0.6) is 0 Å². The van der Waals surface area contributed by atoms with Gasteiger partial charge in [-0.2, -0.15) is 0 Å². The summed E-state index contributed by atoms with van der Waals surface area (Å²) in [7, 11) is 0. The molecule has 0 aromatic heterocycles. The highest BCUT2D eigenvalue weighted by molar-refractivity contribution is 4.97. The molecule has 0 aromatic carbocycles. The SMILES string of the molecule is C=C(CC)CNC1CCOC(CC)(CC)C1. The highest BCUT2D eigenvalue weighted by Crippen LogP contribution is 2.31. The fraction of sp³-hybridized carbons (Fsp3) is 0.857. The van der Waals surface area contributed by atoms with Gasteiger partial charge in [-0.3, -0.25) is 0 Å². The van der Waals surface area contributed by atoms with Crippen LogP contribution in [0.2, 0.25) is 0 Å². The van der Waals surface area contributed by atoms with E-state index in [1.165, 1.54) is 5.57 Å². The Hall–Kier alpha value is -0.340. The summed E-state index contributed by atoms with van der Waals surface area (Å²) in [5.41, 5.74) is 1.42. The highest BCUT2D eigenvalue weighted by Gasteiger charge is 2.34. The maximum absolute atomic E-state index is 5.96. The standard InChI is InChI=1S/C14H27NO/c1-5-12(4)11-15-13-8-9-16-14(6-2,7-3)10-13/h13,15H,4-11H2,1-3H3. The van der Waals surface area contributed by atoms with Crippen molar-refractivity contribution in [2.45, 2.75) is 64.5 Å². The van der Waals surface area contributed by atoms with Crippen LogP contribution >= 0.6 is 0 Å². The summed E-state index contributed by atoms with van der Waals surface area (Å²) in [4.78, 5) is 0. The number of nitrogens with one attached hydrogen (secondary N) is 1. The zero-order valence-electron chi connectivity index (χ0n) is 11.1. The van der Waals surface area contributed by atoms with E-state index in [0.29, 0.717) is 6.04 Å². The lowest BCUT2D eigenvalue weighted by Gasteiger charge is -2.40.